The molecular weight excluding hydrogens is 400 g/mol. The highest BCUT2D eigenvalue weighted by atomic mass is 16.5. The van der Waals surface area contributed by atoms with E-state index >= 15 is 0 Å². The summed E-state index contributed by atoms with van der Waals surface area (Å²) < 4.78 is 5.78. The van der Waals surface area contributed by atoms with Gasteiger partial charge in [0.2, 0.25) is 0 Å². The fourth-order valence-electron chi connectivity index (χ4n) is 4.09. The lowest BCUT2D eigenvalue weighted by atomic mass is 10.1. The van der Waals surface area contributed by atoms with Crippen LogP contribution in [-0.4, -0.2) is 13.2 Å². The fourth-order valence-corrected chi connectivity index (χ4v) is 4.09. The van der Waals surface area contributed by atoms with Crippen LogP contribution in [0.25, 0.3) is 0 Å². The lowest BCUT2D eigenvalue weighted by Gasteiger charge is -2.05. The third kappa shape index (κ3) is 36.4. The molecule has 0 aliphatic rings. The van der Waals surface area contributed by atoms with Crippen molar-refractivity contribution in [2.45, 2.75) is 182 Å². The highest BCUT2D eigenvalue weighted by Gasteiger charge is 1.95. The van der Waals surface area contributed by atoms with Crippen molar-refractivity contribution in [2.24, 2.45) is 0 Å². The molecule has 0 N–H and O–H groups in total. The first-order chi connectivity index (χ1) is 16.2. The molecule has 0 amide bonds. The van der Waals surface area contributed by atoms with Crippen LogP contribution in [0.15, 0.2) is 12.2 Å². The topological polar surface area (TPSA) is 9.23 Å². The molecule has 200 valence electrons. The maximum atomic E-state index is 5.78. The third-order valence-electron chi connectivity index (χ3n) is 6.67. The molecule has 0 heterocycles. The molecule has 0 aromatic heterocycles. The maximum absolute atomic E-state index is 5.78. The second kappa shape index (κ2) is 33.9. The van der Waals surface area contributed by atoms with E-state index in [1.54, 1.807) is 0 Å². The smallest absolute Gasteiger partial charge is 0.0466 e. The lowest BCUT2D eigenvalue weighted by Crippen LogP contribution is -1.97. The van der Waals surface area contributed by atoms with E-state index in [0.29, 0.717) is 0 Å². The predicted octanol–water partition coefficient (Wildman–Crippen LogP) is 12.0. The molecule has 0 saturated heterocycles. The highest BCUT2D eigenvalue weighted by Crippen LogP contribution is 2.12. The lowest BCUT2D eigenvalue weighted by molar-refractivity contribution is 0.125. The molecule has 0 spiro atoms. The van der Waals surface area contributed by atoms with Crippen LogP contribution in [0.3, 0.4) is 0 Å². The van der Waals surface area contributed by atoms with Crippen molar-refractivity contribution >= 4 is 0 Å². The van der Waals surface area contributed by atoms with Gasteiger partial charge in [-0.05, 0) is 32.1 Å². The van der Waals surface area contributed by atoms with Gasteiger partial charge < -0.3 is 4.74 Å². The predicted molar refractivity (Wildman–Crippen MR) is 153 cm³/mol. The van der Waals surface area contributed by atoms with Crippen molar-refractivity contribution in [2.75, 3.05) is 13.2 Å². The van der Waals surface area contributed by atoms with E-state index < -0.39 is 0 Å². The summed E-state index contributed by atoms with van der Waals surface area (Å²) in [7, 11) is 0. The molecule has 0 unspecified atom stereocenters. The molecule has 0 saturated carbocycles. The number of hydrogen-bond donors (Lipinski definition) is 0. The summed E-state index contributed by atoms with van der Waals surface area (Å²) in [5.74, 6) is 0. The Morgan fingerprint density at radius 3 is 1.03 bits per heavy atom. The Balaban J connectivity index is 0. The molecular formula is C32H66O. The van der Waals surface area contributed by atoms with Gasteiger partial charge in [0.05, 0.1) is 0 Å². The van der Waals surface area contributed by atoms with Crippen LogP contribution in [0.5, 0.6) is 0 Å². The second-order valence-electron chi connectivity index (χ2n) is 10.2. The van der Waals surface area contributed by atoms with Gasteiger partial charge in [0.1, 0.15) is 0 Å². The van der Waals surface area contributed by atoms with Crippen LogP contribution in [0.1, 0.15) is 182 Å². The zero-order valence-corrected chi connectivity index (χ0v) is 24.0. The number of unbranched alkanes of at least 4 members (excludes halogenated alkanes) is 19. The minimum absolute atomic E-state index is 0.994. The molecule has 0 aliphatic heterocycles. The van der Waals surface area contributed by atoms with E-state index in [1.165, 1.54) is 153 Å². The Morgan fingerprint density at radius 2 is 0.727 bits per heavy atom. The summed E-state index contributed by atoms with van der Waals surface area (Å²) in [5.41, 5.74) is 1.40. The molecule has 0 fully saturated rings. The van der Waals surface area contributed by atoms with Crippen LogP contribution in [0.2, 0.25) is 0 Å². The van der Waals surface area contributed by atoms with E-state index in [1.807, 2.05) is 0 Å². The van der Waals surface area contributed by atoms with Crippen LogP contribution < -0.4 is 0 Å². The van der Waals surface area contributed by atoms with E-state index in [4.69, 9.17) is 4.74 Å². The van der Waals surface area contributed by atoms with Gasteiger partial charge in [-0.15, -0.1) is 0 Å². The van der Waals surface area contributed by atoms with Crippen LogP contribution in [0.4, 0.5) is 0 Å². The Hall–Kier alpha value is -0.300. The summed E-state index contributed by atoms with van der Waals surface area (Å²) in [6.07, 6.45) is 33.1. The van der Waals surface area contributed by atoms with E-state index in [2.05, 4.69) is 34.3 Å². The molecule has 0 bridgehead atoms. The van der Waals surface area contributed by atoms with Crippen LogP contribution >= 0.6 is 0 Å². The molecule has 1 heteroatoms. The Bertz CT molecular complexity index is 313. The minimum atomic E-state index is 0.994. The summed E-state index contributed by atoms with van der Waals surface area (Å²) in [6, 6.07) is 0. The van der Waals surface area contributed by atoms with Gasteiger partial charge in [0, 0.05) is 13.2 Å². The van der Waals surface area contributed by atoms with Crippen molar-refractivity contribution in [3.63, 3.8) is 0 Å². The fraction of sp³-hybridized carbons (Fsp3) is 0.938. The zero-order chi connectivity index (χ0) is 24.7. The molecule has 0 aliphatic carbocycles. The Labute approximate surface area is 211 Å². The summed E-state index contributed by atoms with van der Waals surface area (Å²) in [4.78, 5) is 0. The molecule has 1 nitrogen and oxygen atoms in total. The van der Waals surface area contributed by atoms with Gasteiger partial charge in [-0.3, -0.25) is 0 Å². The van der Waals surface area contributed by atoms with Crippen LogP contribution in [0, 0.1) is 0 Å². The molecule has 0 aromatic rings. The van der Waals surface area contributed by atoms with Gasteiger partial charge in [0.15, 0.2) is 0 Å². The first-order valence-corrected chi connectivity index (χ1v) is 15.5. The first kappa shape index (κ1) is 34.9. The third-order valence-corrected chi connectivity index (χ3v) is 6.67. The minimum Gasteiger partial charge on any atom is -0.381 e. The van der Waals surface area contributed by atoms with E-state index in [9.17, 15) is 0 Å². The first-order valence-electron chi connectivity index (χ1n) is 15.5. The standard InChI is InChI=1S/C24H50O.C8H16/c1-3-5-7-9-11-13-15-17-19-21-23-25-24-22-20-18-16-14-12-10-8-6-4-2;1-4-6-7-8(3)5-2/h3-24H2,1-2H3;3-7H2,1-2H3. The molecule has 0 atom stereocenters. The second-order valence-corrected chi connectivity index (χ2v) is 10.2. The Kier molecular flexibility index (Phi) is 35.8. The number of hydrogen-bond acceptors (Lipinski definition) is 1. The SMILES string of the molecule is C=C(CC)CCCC.CCCCCCCCCCCCOCCCCCCCCCCCC. The van der Waals surface area contributed by atoms with Crippen molar-refractivity contribution in [1.29, 1.82) is 0 Å². The van der Waals surface area contributed by atoms with Crippen molar-refractivity contribution in [3.05, 3.63) is 12.2 Å². The van der Waals surface area contributed by atoms with Gasteiger partial charge in [-0.1, -0.05) is 162 Å². The van der Waals surface area contributed by atoms with Gasteiger partial charge >= 0.3 is 0 Å². The average Bonchev–Trinajstić information content (AvgIpc) is 2.84. The maximum Gasteiger partial charge on any atom is 0.0466 e. The summed E-state index contributed by atoms with van der Waals surface area (Å²) in [5, 5.41) is 0. The summed E-state index contributed by atoms with van der Waals surface area (Å²) in [6.45, 7) is 14.9. The highest BCUT2D eigenvalue weighted by molar-refractivity contribution is 4.91. The molecule has 0 radical (unpaired) electrons. The van der Waals surface area contributed by atoms with Crippen LogP contribution in [-0.2, 0) is 4.74 Å². The molecule has 0 rings (SSSR count). The van der Waals surface area contributed by atoms with Gasteiger partial charge in [-0.25, -0.2) is 0 Å². The monoisotopic (exact) mass is 467 g/mol. The Morgan fingerprint density at radius 1 is 0.424 bits per heavy atom. The quantitative estimate of drug-likeness (QED) is 0.0909. The number of ether oxygens (including phenoxy) is 1. The largest absolute Gasteiger partial charge is 0.381 e. The molecule has 33 heavy (non-hydrogen) atoms. The summed E-state index contributed by atoms with van der Waals surface area (Å²) >= 11 is 0. The van der Waals surface area contributed by atoms with Crippen molar-refractivity contribution < 1.29 is 4.74 Å². The van der Waals surface area contributed by atoms with Gasteiger partial charge in [-0.2, -0.15) is 0 Å². The van der Waals surface area contributed by atoms with E-state index in [0.717, 1.165) is 19.6 Å². The normalized spacial score (nSPS) is 10.8. The van der Waals surface area contributed by atoms with E-state index in [-0.39, 0.29) is 0 Å². The van der Waals surface area contributed by atoms with Crippen molar-refractivity contribution in [1.82, 2.24) is 0 Å². The average molecular weight is 467 g/mol. The van der Waals surface area contributed by atoms with Gasteiger partial charge in [0.25, 0.3) is 0 Å². The zero-order valence-electron chi connectivity index (χ0n) is 24.0. The van der Waals surface area contributed by atoms with Crippen molar-refractivity contribution in [3.8, 4) is 0 Å². The number of rotatable bonds is 26. The molecule has 0 aromatic carbocycles. The number of allylic oxidation sites excluding steroid dienone is 1.